The molecule has 0 spiro atoms. The van der Waals surface area contributed by atoms with Crippen LogP contribution in [0.15, 0.2) is 17.3 Å². The predicted octanol–water partition coefficient (Wildman–Crippen LogP) is 3.72. The van der Waals surface area contributed by atoms with Gasteiger partial charge in [-0.2, -0.15) is 6.08 Å². The normalized spacial score (nSPS) is 16.8. The van der Waals surface area contributed by atoms with Crippen molar-refractivity contribution in [2.75, 3.05) is 0 Å². The maximum atomic E-state index is 3.47. The van der Waals surface area contributed by atoms with Crippen LogP contribution < -0.4 is 0 Å². The van der Waals surface area contributed by atoms with Crippen molar-refractivity contribution in [2.24, 2.45) is 0 Å². The van der Waals surface area contributed by atoms with Crippen molar-refractivity contribution in [3.63, 3.8) is 0 Å². The van der Waals surface area contributed by atoms with Crippen molar-refractivity contribution < 1.29 is 26.2 Å². The molecule has 0 radical (unpaired) electrons. The second-order valence-electron chi connectivity index (χ2n) is 5.07. The Balaban J connectivity index is 0.00000144. The fourth-order valence-electron chi connectivity index (χ4n) is 1.24. The topological polar surface area (TPSA) is 0 Å². The van der Waals surface area contributed by atoms with Gasteiger partial charge in [-0.25, -0.2) is 11.3 Å². The van der Waals surface area contributed by atoms with Gasteiger partial charge in [-0.3, -0.25) is 6.08 Å². The summed E-state index contributed by atoms with van der Waals surface area (Å²) in [5.41, 5.74) is 0. The molecule has 1 aliphatic rings. The minimum Gasteiger partial charge on any atom is -0.274 e. The third-order valence-corrected chi connectivity index (χ3v) is 8.68. The van der Waals surface area contributed by atoms with E-state index in [1.54, 1.807) is 0 Å². The van der Waals surface area contributed by atoms with Crippen LogP contribution in [0.4, 0.5) is 0 Å². The molecule has 0 atom stereocenters. The van der Waals surface area contributed by atoms with Crippen LogP contribution in [0, 0.1) is 6.08 Å². The molecule has 2 heteroatoms. The molecule has 1 aliphatic carbocycles. The average molecular weight is 271 g/mol. The Labute approximate surface area is 103 Å². The third kappa shape index (κ3) is 2.76. The van der Waals surface area contributed by atoms with E-state index in [0.717, 1.165) is 6.42 Å². The molecule has 1 rings (SSSR count). The smallest absolute Gasteiger partial charge is 0.0479 e. The van der Waals surface area contributed by atoms with Gasteiger partial charge in [0, 0.05) is 34.3 Å². The van der Waals surface area contributed by atoms with Gasteiger partial charge < -0.3 is 0 Å². The second kappa shape index (κ2) is 4.40. The minimum absolute atomic E-state index is 0. The summed E-state index contributed by atoms with van der Waals surface area (Å²) in [4.78, 5) is 0. The van der Waals surface area contributed by atoms with Gasteiger partial charge in [0.25, 0.3) is 0 Å². The number of hydrogen-bond acceptors (Lipinski definition) is 0. The first kappa shape index (κ1) is 13.6. The van der Waals surface area contributed by atoms with E-state index in [0.29, 0.717) is 5.04 Å². The molecule has 0 nitrogen and oxygen atoms in total. The summed E-state index contributed by atoms with van der Waals surface area (Å²) >= 11 is 0. The van der Waals surface area contributed by atoms with E-state index < -0.39 is 8.07 Å². The first-order chi connectivity index (χ1) is 5.36. The van der Waals surface area contributed by atoms with Crippen LogP contribution in [0.25, 0.3) is 0 Å². The van der Waals surface area contributed by atoms with Gasteiger partial charge in [0.1, 0.15) is 0 Å². The van der Waals surface area contributed by atoms with E-state index in [-0.39, 0.29) is 26.2 Å². The van der Waals surface area contributed by atoms with Gasteiger partial charge in [-0.05, 0) is 5.04 Å². The minimum atomic E-state index is -1.25. The largest absolute Gasteiger partial charge is 0.274 e. The zero-order chi connectivity index (χ0) is 9.41. The van der Waals surface area contributed by atoms with Crippen molar-refractivity contribution in [3.8, 4) is 0 Å². The van der Waals surface area contributed by atoms with Crippen LogP contribution in [0.5, 0.6) is 0 Å². The summed E-state index contributed by atoms with van der Waals surface area (Å²) in [6, 6.07) is 0. The summed E-state index contributed by atoms with van der Waals surface area (Å²) < 4.78 is 0. The van der Waals surface area contributed by atoms with E-state index in [4.69, 9.17) is 0 Å². The van der Waals surface area contributed by atoms with Gasteiger partial charge in [0.05, 0.1) is 0 Å². The number of hydrogen-bond donors (Lipinski definition) is 0. The fraction of sp³-hybridized carbons (Fsp3) is 0.636. The Kier molecular flexibility index (Phi) is 4.60. The summed E-state index contributed by atoms with van der Waals surface area (Å²) in [5.74, 6) is 0. The molecule has 0 aromatic heterocycles. The monoisotopic (exact) mass is 269 g/mol. The SMILES string of the molecule is CC(C)(C)[Si](C)(C)C1=[C-]CC=C1.[Zr]. The van der Waals surface area contributed by atoms with Gasteiger partial charge in [-0.15, -0.1) is 6.42 Å². The molecule has 0 aromatic carbocycles. The maximum absolute atomic E-state index is 3.47. The molecule has 0 heterocycles. The van der Waals surface area contributed by atoms with Crippen LogP contribution in [0.3, 0.4) is 0 Å². The predicted molar refractivity (Wildman–Crippen MR) is 57.7 cm³/mol. The summed E-state index contributed by atoms with van der Waals surface area (Å²) in [6.07, 6.45) is 8.99. The molecule has 0 amide bonds. The molecular formula is C11H19SiZr-. The Morgan fingerprint density at radius 2 is 1.85 bits per heavy atom. The summed E-state index contributed by atoms with van der Waals surface area (Å²) in [7, 11) is -1.25. The van der Waals surface area contributed by atoms with Crippen molar-refractivity contribution in [1.29, 1.82) is 0 Å². The quantitative estimate of drug-likeness (QED) is 0.503. The van der Waals surface area contributed by atoms with Crippen LogP contribution >= 0.6 is 0 Å². The van der Waals surface area contributed by atoms with Crippen molar-refractivity contribution in [1.82, 2.24) is 0 Å². The molecule has 0 saturated carbocycles. The van der Waals surface area contributed by atoms with Crippen molar-refractivity contribution in [3.05, 3.63) is 23.4 Å². The number of allylic oxidation sites excluding steroid dienone is 4. The first-order valence-electron chi connectivity index (χ1n) is 4.63. The van der Waals surface area contributed by atoms with E-state index in [9.17, 15) is 0 Å². The van der Waals surface area contributed by atoms with E-state index in [1.165, 1.54) is 5.20 Å². The molecule has 0 aliphatic heterocycles. The molecule has 0 N–H and O–H groups in total. The first-order valence-corrected chi connectivity index (χ1v) is 7.63. The van der Waals surface area contributed by atoms with Crippen LogP contribution in [-0.4, -0.2) is 8.07 Å². The summed E-state index contributed by atoms with van der Waals surface area (Å²) in [5, 5.41) is 1.96. The van der Waals surface area contributed by atoms with Gasteiger partial charge >= 0.3 is 0 Å². The second-order valence-corrected chi connectivity index (χ2v) is 10.4. The number of rotatable bonds is 1. The van der Waals surface area contributed by atoms with Gasteiger partial charge in [0.15, 0.2) is 0 Å². The van der Waals surface area contributed by atoms with Gasteiger partial charge in [0.2, 0.25) is 0 Å². The van der Waals surface area contributed by atoms with Crippen LogP contribution in [0.2, 0.25) is 18.1 Å². The summed E-state index contributed by atoms with van der Waals surface area (Å²) in [6.45, 7) is 11.9. The fourth-order valence-corrected chi connectivity index (χ4v) is 3.12. The molecule has 0 fully saturated rings. The van der Waals surface area contributed by atoms with Crippen molar-refractivity contribution >= 4 is 8.07 Å². The molecule has 13 heavy (non-hydrogen) atoms. The molecule has 0 bridgehead atoms. The molecule has 0 saturated heterocycles. The van der Waals surface area contributed by atoms with E-state index in [2.05, 4.69) is 52.1 Å². The van der Waals surface area contributed by atoms with Crippen LogP contribution in [0.1, 0.15) is 27.2 Å². The maximum Gasteiger partial charge on any atom is 0.0479 e. The van der Waals surface area contributed by atoms with E-state index >= 15 is 0 Å². The average Bonchev–Trinajstić information content (AvgIpc) is 2.34. The Morgan fingerprint density at radius 1 is 1.31 bits per heavy atom. The molecular weight excluding hydrogens is 251 g/mol. The standard InChI is InChI=1S/C11H19Si.Zr/c1-11(2,3)12(4,5)10-8-6-7-9-10;/h6,8H,7H2,1-5H3;/q-1;. The van der Waals surface area contributed by atoms with Crippen LogP contribution in [-0.2, 0) is 26.2 Å². The van der Waals surface area contributed by atoms with Gasteiger partial charge in [-0.1, -0.05) is 33.9 Å². The molecule has 72 valence electrons. The molecule has 0 aromatic rings. The van der Waals surface area contributed by atoms with Crippen molar-refractivity contribution in [2.45, 2.75) is 45.3 Å². The Hall–Kier alpha value is 0.580. The Bertz CT molecular complexity index is 231. The Morgan fingerprint density at radius 3 is 2.15 bits per heavy atom. The zero-order valence-electron chi connectivity index (χ0n) is 9.36. The zero-order valence-corrected chi connectivity index (χ0v) is 12.8. The van der Waals surface area contributed by atoms with E-state index in [1.807, 2.05) is 0 Å². The molecule has 0 unspecified atom stereocenters. The third-order valence-electron chi connectivity index (χ3n) is 3.24.